The van der Waals surface area contributed by atoms with Gasteiger partial charge in [-0.25, -0.2) is 13.2 Å². The highest BCUT2D eigenvalue weighted by atomic mass is 79.9. The van der Waals surface area contributed by atoms with Crippen LogP contribution in [-0.4, -0.2) is 43.6 Å². The van der Waals surface area contributed by atoms with E-state index in [0.717, 1.165) is 34.7 Å². The summed E-state index contributed by atoms with van der Waals surface area (Å²) in [6.07, 6.45) is 3.91. The molecule has 8 nitrogen and oxygen atoms in total. The van der Waals surface area contributed by atoms with Crippen LogP contribution in [0.2, 0.25) is 0 Å². The van der Waals surface area contributed by atoms with Gasteiger partial charge >= 0.3 is 5.76 Å². The van der Waals surface area contributed by atoms with Gasteiger partial charge in [0.15, 0.2) is 0 Å². The standard InChI is InChI=1S/C21H25BrN2O3S.C8H5NO2/c1-2-16-3-6-20(7-4-16)28(25,26)23-11-9-19(10-12-23)24-15-27-14-17-13-18(22)5-8-21(17)24;10-8-9-7-4-2-1-3-6(7)5-11-8/h3-8,13,19H,2,9-12,14-15H2,1H3;1-5H. The Balaban J connectivity index is 0.000000233. The molecule has 0 N–H and O–H groups in total. The van der Waals surface area contributed by atoms with E-state index in [1.165, 1.54) is 17.5 Å². The molecule has 0 radical (unpaired) electrons. The first kappa shape index (κ1) is 27.5. The molecule has 4 aromatic rings. The van der Waals surface area contributed by atoms with Crippen LogP contribution in [0.5, 0.6) is 0 Å². The van der Waals surface area contributed by atoms with E-state index in [-0.39, 0.29) is 6.04 Å². The smallest absolute Gasteiger partial charge is 0.416 e. The predicted molar refractivity (Wildman–Crippen MR) is 154 cm³/mol. The summed E-state index contributed by atoms with van der Waals surface area (Å²) in [5, 5.41) is 0.840. The van der Waals surface area contributed by atoms with Crippen LogP contribution >= 0.6 is 15.9 Å². The Morgan fingerprint density at radius 3 is 2.51 bits per heavy atom. The van der Waals surface area contributed by atoms with Gasteiger partial charge in [-0.05, 0) is 67.3 Å². The van der Waals surface area contributed by atoms with Gasteiger partial charge in [0.2, 0.25) is 10.0 Å². The minimum atomic E-state index is -3.43. The molecular formula is C29H30BrN3O5S. The Bertz CT molecular complexity index is 1600. The molecule has 1 saturated heterocycles. The molecular weight excluding hydrogens is 582 g/mol. The summed E-state index contributed by atoms with van der Waals surface area (Å²) in [5.74, 6) is -0.552. The third kappa shape index (κ3) is 6.24. The molecule has 204 valence electrons. The van der Waals surface area contributed by atoms with E-state index in [9.17, 15) is 13.2 Å². The maximum atomic E-state index is 13.0. The van der Waals surface area contributed by atoms with Crippen molar-refractivity contribution in [2.45, 2.75) is 43.7 Å². The summed E-state index contributed by atoms with van der Waals surface area (Å²) in [5.41, 5.74) is 4.19. The van der Waals surface area contributed by atoms with Crippen LogP contribution in [0.3, 0.4) is 0 Å². The second kappa shape index (κ2) is 12.0. The van der Waals surface area contributed by atoms with Gasteiger partial charge in [0.25, 0.3) is 0 Å². The van der Waals surface area contributed by atoms with Crippen molar-refractivity contribution in [2.24, 2.45) is 0 Å². The summed E-state index contributed by atoms with van der Waals surface area (Å²) in [7, 11) is -3.43. The number of rotatable bonds is 4. The average Bonchev–Trinajstić information content (AvgIpc) is 2.97. The lowest BCUT2D eigenvalue weighted by atomic mass is 10.0. The molecule has 3 heterocycles. The number of piperidine rings is 1. The van der Waals surface area contributed by atoms with Crippen LogP contribution in [-0.2, 0) is 27.8 Å². The van der Waals surface area contributed by atoms with Gasteiger partial charge in [0, 0.05) is 40.2 Å². The van der Waals surface area contributed by atoms with Crippen LogP contribution in [0.15, 0.2) is 91.6 Å². The number of ether oxygens (including phenoxy) is 1. The number of nitrogens with zero attached hydrogens (tertiary/aromatic N) is 3. The first-order valence-electron chi connectivity index (χ1n) is 12.9. The molecule has 2 aliphatic heterocycles. The Labute approximate surface area is 236 Å². The zero-order valence-electron chi connectivity index (χ0n) is 21.6. The van der Waals surface area contributed by atoms with Crippen LogP contribution in [0.1, 0.15) is 30.9 Å². The number of hydrogen-bond acceptors (Lipinski definition) is 7. The molecule has 0 bridgehead atoms. The SMILES string of the molecule is CCc1ccc(S(=O)(=O)N2CCC(N3COCc4cc(Br)ccc43)CC2)cc1.O=c1nc2ccccc2co1. The van der Waals surface area contributed by atoms with E-state index in [0.29, 0.717) is 36.8 Å². The van der Waals surface area contributed by atoms with Gasteiger partial charge in [-0.2, -0.15) is 9.29 Å². The van der Waals surface area contributed by atoms with Crippen molar-refractivity contribution in [3.05, 3.63) is 99.1 Å². The van der Waals surface area contributed by atoms with Crippen molar-refractivity contribution in [1.82, 2.24) is 9.29 Å². The second-order valence-corrected chi connectivity index (χ2v) is 12.4. The van der Waals surface area contributed by atoms with Gasteiger partial charge in [-0.3, -0.25) is 0 Å². The average molecular weight is 613 g/mol. The van der Waals surface area contributed by atoms with E-state index < -0.39 is 15.8 Å². The topological polar surface area (TPSA) is 93.0 Å². The summed E-state index contributed by atoms with van der Waals surface area (Å²) in [6, 6.07) is 21.1. The number of halogens is 1. The fourth-order valence-corrected chi connectivity index (χ4v) is 6.82. The first-order valence-corrected chi connectivity index (χ1v) is 15.1. The van der Waals surface area contributed by atoms with Crippen molar-refractivity contribution in [3.63, 3.8) is 0 Å². The molecule has 0 spiro atoms. The summed E-state index contributed by atoms with van der Waals surface area (Å²) < 4.78 is 39.0. The highest BCUT2D eigenvalue weighted by Crippen LogP contribution is 2.33. The lowest BCUT2D eigenvalue weighted by Gasteiger charge is -2.41. The van der Waals surface area contributed by atoms with Crippen LogP contribution in [0.25, 0.3) is 10.9 Å². The molecule has 0 aliphatic carbocycles. The maximum absolute atomic E-state index is 13.0. The molecule has 0 unspecified atom stereocenters. The van der Waals surface area contributed by atoms with Crippen molar-refractivity contribution in [2.75, 3.05) is 24.7 Å². The summed E-state index contributed by atoms with van der Waals surface area (Å²) in [4.78, 5) is 16.9. The van der Waals surface area contributed by atoms with Gasteiger partial charge in [0.1, 0.15) is 13.0 Å². The van der Waals surface area contributed by atoms with E-state index in [4.69, 9.17) is 4.74 Å². The maximum Gasteiger partial charge on any atom is 0.439 e. The number of fused-ring (bicyclic) bond motifs is 2. The normalized spacial score (nSPS) is 16.4. The molecule has 2 aliphatic rings. The molecule has 1 fully saturated rings. The largest absolute Gasteiger partial charge is 0.439 e. The van der Waals surface area contributed by atoms with Crippen LogP contribution in [0.4, 0.5) is 5.69 Å². The van der Waals surface area contributed by atoms with Gasteiger partial charge in [0.05, 0.1) is 17.0 Å². The van der Waals surface area contributed by atoms with Crippen LogP contribution < -0.4 is 10.7 Å². The van der Waals surface area contributed by atoms with Gasteiger partial charge in [-0.15, -0.1) is 0 Å². The Morgan fingerprint density at radius 2 is 1.77 bits per heavy atom. The van der Waals surface area contributed by atoms with Gasteiger partial charge in [-0.1, -0.05) is 47.1 Å². The third-order valence-corrected chi connectivity index (χ3v) is 9.51. The molecule has 0 amide bonds. The molecule has 0 atom stereocenters. The quantitative estimate of drug-likeness (QED) is 0.307. The third-order valence-electron chi connectivity index (χ3n) is 7.11. The van der Waals surface area contributed by atoms with Gasteiger partial charge < -0.3 is 14.1 Å². The number of para-hydroxylation sites is 1. The zero-order valence-corrected chi connectivity index (χ0v) is 24.0. The number of hydrogen-bond donors (Lipinski definition) is 0. The lowest BCUT2D eigenvalue weighted by Crippen LogP contribution is -2.48. The van der Waals surface area contributed by atoms with E-state index >= 15 is 0 Å². The van der Waals surface area contributed by atoms with Crippen molar-refractivity contribution in [3.8, 4) is 0 Å². The fourth-order valence-electron chi connectivity index (χ4n) is 4.94. The zero-order chi connectivity index (χ0) is 27.4. The summed E-state index contributed by atoms with van der Waals surface area (Å²) in [6.45, 7) is 4.31. The number of sulfonamides is 1. The number of aryl methyl sites for hydroxylation is 1. The minimum absolute atomic E-state index is 0.286. The molecule has 39 heavy (non-hydrogen) atoms. The fraction of sp³-hybridized carbons (Fsp3) is 0.310. The van der Waals surface area contributed by atoms with Crippen molar-refractivity contribution >= 4 is 42.5 Å². The Kier molecular flexibility index (Phi) is 8.46. The van der Waals surface area contributed by atoms with Crippen molar-refractivity contribution < 1.29 is 17.6 Å². The monoisotopic (exact) mass is 611 g/mol. The molecule has 3 aromatic carbocycles. The number of benzene rings is 3. The van der Waals surface area contributed by atoms with Crippen molar-refractivity contribution in [1.29, 1.82) is 0 Å². The van der Waals surface area contributed by atoms with E-state index in [1.54, 1.807) is 22.5 Å². The molecule has 10 heteroatoms. The highest BCUT2D eigenvalue weighted by molar-refractivity contribution is 9.10. The predicted octanol–water partition coefficient (Wildman–Crippen LogP) is 5.35. The Hall–Kier alpha value is -3.05. The lowest BCUT2D eigenvalue weighted by molar-refractivity contribution is 0.0987. The highest BCUT2D eigenvalue weighted by Gasteiger charge is 2.33. The number of aromatic nitrogens is 1. The molecule has 0 saturated carbocycles. The second-order valence-electron chi connectivity index (χ2n) is 9.53. The van der Waals surface area contributed by atoms with Crippen LogP contribution in [0, 0.1) is 0 Å². The number of anilines is 1. The first-order chi connectivity index (χ1) is 18.8. The molecule has 6 rings (SSSR count). The Morgan fingerprint density at radius 1 is 1.03 bits per heavy atom. The molecule has 1 aromatic heterocycles. The summed E-state index contributed by atoms with van der Waals surface area (Å²) >= 11 is 3.52. The van der Waals surface area contributed by atoms with E-state index in [1.807, 2.05) is 30.3 Å². The minimum Gasteiger partial charge on any atom is -0.416 e. The van der Waals surface area contributed by atoms with E-state index in [2.05, 4.69) is 55.4 Å².